The first-order valence-corrected chi connectivity index (χ1v) is 13.8. The van der Waals surface area contributed by atoms with Crippen molar-refractivity contribution in [1.29, 1.82) is 0 Å². The monoisotopic (exact) mass is 472 g/mol. The van der Waals surface area contributed by atoms with Crippen molar-refractivity contribution in [3.05, 3.63) is 71.5 Å². The molecule has 1 N–H and O–H groups in total. The summed E-state index contributed by atoms with van der Waals surface area (Å²) in [6.07, 6.45) is 17.9. The van der Waals surface area contributed by atoms with Crippen LogP contribution in [0, 0.1) is 0 Å². The first-order chi connectivity index (χ1) is 15.8. The van der Waals surface area contributed by atoms with Gasteiger partial charge in [0.05, 0.1) is 22.9 Å². The Labute approximate surface area is 200 Å². The van der Waals surface area contributed by atoms with Gasteiger partial charge in [0, 0.05) is 31.0 Å². The fourth-order valence-electron chi connectivity index (χ4n) is 3.80. The van der Waals surface area contributed by atoms with E-state index >= 15 is 0 Å². The second-order valence-electron chi connectivity index (χ2n) is 8.72. The molecule has 0 radical (unpaired) electrons. The highest BCUT2D eigenvalue weighted by molar-refractivity contribution is 7.85. The fraction of sp³-hybridized carbons (Fsp3) is 0.481. The first-order valence-electron chi connectivity index (χ1n) is 12.2. The maximum atomic E-state index is 10.7. The molecule has 0 fully saturated rings. The van der Waals surface area contributed by atoms with E-state index < -0.39 is 10.1 Å². The Balaban J connectivity index is 1.89. The van der Waals surface area contributed by atoms with Crippen molar-refractivity contribution in [2.24, 2.45) is 0 Å². The number of hydrogen-bond donors (Lipinski definition) is 1. The number of nitrogens with one attached hydrogen (secondary N) is 1. The molecule has 0 saturated carbocycles. The minimum Gasteiger partial charge on any atom is -0.748 e. The summed E-state index contributed by atoms with van der Waals surface area (Å²) >= 11 is 0. The van der Waals surface area contributed by atoms with Gasteiger partial charge in [0.25, 0.3) is 0 Å². The lowest BCUT2D eigenvalue weighted by molar-refractivity contribution is -0.841. The Hall–Kier alpha value is -2.15. The van der Waals surface area contributed by atoms with Crippen LogP contribution in [0.1, 0.15) is 58.4 Å². The third kappa shape index (κ3) is 10.5. The van der Waals surface area contributed by atoms with Gasteiger partial charge < -0.3 is 14.4 Å². The zero-order valence-corrected chi connectivity index (χ0v) is 21.2. The van der Waals surface area contributed by atoms with Gasteiger partial charge in [0.2, 0.25) is 0 Å². The second kappa shape index (κ2) is 14.2. The summed E-state index contributed by atoms with van der Waals surface area (Å²) in [6.45, 7) is 10.3. The summed E-state index contributed by atoms with van der Waals surface area (Å²) < 4.78 is 32.2. The number of unbranched alkanes of at least 4 members (excludes halogenated alkanes) is 2. The quantitative estimate of drug-likeness (QED) is 0.323. The average Bonchev–Trinajstić information content (AvgIpc) is 2.79. The lowest BCUT2D eigenvalue weighted by Gasteiger charge is -2.24. The highest BCUT2D eigenvalue weighted by Crippen LogP contribution is 2.18. The van der Waals surface area contributed by atoms with E-state index in [0.717, 1.165) is 24.5 Å². The van der Waals surface area contributed by atoms with Crippen LogP contribution < -0.4 is 9.80 Å². The van der Waals surface area contributed by atoms with Crippen molar-refractivity contribution in [1.82, 2.24) is 0 Å². The Morgan fingerprint density at radius 3 is 2.30 bits per heavy atom. The molecule has 1 heterocycles. The highest BCUT2D eigenvalue weighted by atomic mass is 32.2. The lowest BCUT2D eigenvalue weighted by Crippen LogP contribution is -3.07. The maximum absolute atomic E-state index is 10.7. The van der Waals surface area contributed by atoms with E-state index in [-0.39, 0.29) is 5.75 Å². The predicted octanol–water partition coefficient (Wildman–Crippen LogP) is 4.33. The Morgan fingerprint density at radius 2 is 1.76 bits per heavy atom. The number of benzene rings is 1. The molecule has 0 amide bonds. The molecule has 33 heavy (non-hydrogen) atoms. The van der Waals surface area contributed by atoms with E-state index in [1.165, 1.54) is 48.1 Å². The van der Waals surface area contributed by atoms with Crippen LogP contribution in [0.2, 0.25) is 0 Å². The van der Waals surface area contributed by atoms with E-state index in [4.69, 9.17) is 0 Å². The standard InChI is InChI=1S/C27H40N2O3S/c1-4-6-19-29(20-7-5-2)27-14-12-25(13-15-27)11-8-10-24(3)26-16-21-28(22-17-26)18-9-23-33(30,31)32/h8,10-17,21H,4-7,9,18-20,22-23H2,1-3H3,(H,30,31,32)/b11-8+,24-10+. The van der Waals surface area contributed by atoms with Crippen molar-refractivity contribution in [3.63, 3.8) is 0 Å². The largest absolute Gasteiger partial charge is 0.748 e. The van der Waals surface area contributed by atoms with Crippen LogP contribution in [-0.2, 0) is 10.1 Å². The predicted molar refractivity (Wildman–Crippen MR) is 138 cm³/mol. The van der Waals surface area contributed by atoms with Crippen LogP contribution in [0.3, 0.4) is 0 Å². The van der Waals surface area contributed by atoms with E-state index in [0.29, 0.717) is 13.0 Å². The average molecular weight is 473 g/mol. The molecular weight excluding hydrogens is 432 g/mol. The van der Waals surface area contributed by atoms with Gasteiger partial charge in [0.1, 0.15) is 6.54 Å². The van der Waals surface area contributed by atoms with E-state index in [1.807, 2.05) is 0 Å². The molecule has 1 aromatic rings. The van der Waals surface area contributed by atoms with Gasteiger partial charge in [-0.2, -0.15) is 0 Å². The Morgan fingerprint density at radius 1 is 1.09 bits per heavy atom. The number of allylic oxidation sites excluding steroid dienone is 5. The maximum Gasteiger partial charge on any atom is 0.101 e. The second-order valence-corrected chi connectivity index (χ2v) is 10.2. The summed E-state index contributed by atoms with van der Waals surface area (Å²) in [7, 11) is -4.12. The Bertz CT molecular complexity index is 936. The number of rotatable bonds is 14. The van der Waals surface area contributed by atoms with E-state index in [2.05, 4.69) is 86.5 Å². The normalized spacial score (nSPS) is 16.9. The molecule has 1 atom stereocenters. The summed E-state index contributed by atoms with van der Waals surface area (Å²) in [5.41, 5.74) is 4.85. The molecule has 0 spiro atoms. The molecule has 0 aromatic heterocycles. The van der Waals surface area contributed by atoms with E-state index in [1.54, 1.807) is 0 Å². The molecule has 1 aliphatic heterocycles. The summed E-state index contributed by atoms with van der Waals surface area (Å²) in [5.74, 6) is -0.291. The van der Waals surface area contributed by atoms with Gasteiger partial charge in [-0.3, -0.25) is 0 Å². The fourth-order valence-corrected chi connectivity index (χ4v) is 4.30. The summed E-state index contributed by atoms with van der Waals surface area (Å²) in [5, 5.41) is 0. The first kappa shape index (κ1) is 27.1. The minimum atomic E-state index is -4.12. The number of anilines is 1. The molecule has 5 nitrogen and oxygen atoms in total. The molecule has 1 unspecified atom stereocenters. The highest BCUT2D eigenvalue weighted by Gasteiger charge is 2.10. The molecule has 0 aliphatic carbocycles. The third-order valence-corrected chi connectivity index (χ3v) is 6.68. The van der Waals surface area contributed by atoms with Gasteiger partial charge in [0.15, 0.2) is 0 Å². The van der Waals surface area contributed by atoms with Crippen LogP contribution in [0.25, 0.3) is 6.08 Å². The molecule has 0 bridgehead atoms. The molecule has 2 rings (SSSR count). The van der Waals surface area contributed by atoms with Crippen molar-refractivity contribution >= 4 is 21.9 Å². The van der Waals surface area contributed by atoms with Gasteiger partial charge in [-0.05, 0) is 60.8 Å². The van der Waals surface area contributed by atoms with Gasteiger partial charge >= 0.3 is 0 Å². The van der Waals surface area contributed by atoms with Gasteiger partial charge in [-0.1, -0.05) is 57.0 Å². The minimum absolute atomic E-state index is 0.291. The molecule has 1 aliphatic rings. The lowest BCUT2D eigenvalue weighted by atomic mass is 10.0. The van der Waals surface area contributed by atoms with Gasteiger partial charge in [-0.25, -0.2) is 8.42 Å². The number of hydrogen-bond acceptors (Lipinski definition) is 4. The number of quaternary nitrogens is 1. The van der Waals surface area contributed by atoms with Crippen molar-refractivity contribution < 1.29 is 17.9 Å². The van der Waals surface area contributed by atoms with Crippen LogP contribution in [0.5, 0.6) is 0 Å². The van der Waals surface area contributed by atoms with Crippen molar-refractivity contribution in [2.75, 3.05) is 36.8 Å². The van der Waals surface area contributed by atoms with Gasteiger partial charge in [-0.15, -0.1) is 0 Å². The van der Waals surface area contributed by atoms with Crippen LogP contribution in [-0.4, -0.2) is 44.9 Å². The third-order valence-electron chi connectivity index (χ3n) is 5.89. The zero-order chi connectivity index (χ0) is 24.1. The zero-order valence-electron chi connectivity index (χ0n) is 20.4. The molecule has 1 aromatic carbocycles. The van der Waals surface area contributed by atoms with E-state index in [9.17, 15) is 13.0 Å². The summed E-state index contributed by atoms with van der Waals surface area (Å²) in [6, 6.07) is 8.82. The smallest absolute Gasteiger partial charge is 0.101 e. The molecular formula is C27H40N2O3S. The Kier molecular flexibility index (Phi) is 11.6. The molecule has 6 heteroatoms. The van der Waals surface area contributed by atoms with Crippen molar-refractivity contribution in [3.8, 4) is 0 Å². The van der Waals surface area contributed by atoms with Crippen LogP contribution in [0.15, 0.2) is 65.9 Å². The SMILES string of the molecule is CCCCN(CCCC)c1ccc(/C=C/C=C(\C)C2=CC[NH+](CCCS(=O)(=O)[O-])C=C2)cc1. The topological polar surface area (TPSA) is 64.9 Å². The molecule has 182 valence electrons. The summed E-state index contributed by atoms with van der Waals surface area (Å²) in [4.78, 5) is 3.66. The number of nitrogens with zero attached hydrogens (tertiary/aromatic N) is 1. The molecule has 0 saturated heterocycles. The van der Waals surface area contributed by atoms with Crippen LogP contribution in [0.4, 0.5) is 5.69 Å². The van der Waals surface area contributed by atoms with Crippen LogP contribution >= 0.6 is 0 Å². The van der Waals surface area contributed by atoms with Crippen molar-refractivity contribution in [2.45, 2.75) is 52.9 Å².